The first kappa shape index (κ1) is 17.4. The molecule has 1 saturated heterocycles. The number of aromatic amines is 1. The van der Waals surface area contributed by atoms with Crippen molar-refractivity contribution in [1.29, 1.82) is 0 Å². The lowest BCUT2D eigenvalue weighted by molar-refractivity contribution is 0.0740. The number of rotatable bonds is 3. The number of H-pyrrole nitrogens is 1. The minimum atomic E-state index is -0.0183. The molecule has 8 heteroatoms. The van der Waals surface area contributed by atoms with Crippen LogP contribution >= 0.6 is 11.3 Å². The third-order valence-corrected chi connectivity index (χ3v) is 6.43. The molecule has 1 fully saturated rings. The number of aryl methyl sites for hydroxylation is 2. The molecular weight excluding hydrogens is 372 g/mol. The van der Waals surface area contributed by atoms with Gasteiger partial charge in [-0.3, -0.25) is 9.89 Å². The summed E-state index contributed by atoms with van der Waals surface area (Å²) < 4.78 is 0. The summed E-state index contributed by atoms with van der Waals surface area (Å²) in [5, 5.41) is 18.1. The topological polar surface area (TPSA) is 78.0 Å². The molecule has 0 radical (unpaired) electrons. The van der Waals surface area contributed by atoms with Gasteiger partial charge < -0.3 is 9.80 Å². The number of hydrogen-bond acceptors (Lipinski definition) is 6. The van der Waals surface area contributed by atoms with Crippen molar-refractivity contribution in [2.75, 3.05) is 31.1 Å². The van der Waals surface area contributed by atoms with Gasteiger partial charge in [-0.15, -0.1) is 16.4 Å². The van der Waals surface area contributed by atoms with E-state index in [1.54, 1.807) is 11.3 Å². The largest absolute Gasteiger partial charge is 0.352 e. The molecule has 144 valence electrons. The monoisotopic (exact) mass is 394 g/mol. The first-order valence-electron chi connectivity index (χ1n) is 9.77. The van der Waals surface area contributed by atoms with Crippen LogP contribution in [0.25, 0.3) is 10.6 Å². The average Bonchev–Trinajstić information content (AvgIpc) is 3.45. The van der Waals surface area contributed by atoms with Gasteiger partial charge in [0.1, 0.15) is 0 Å². The van der Waals surface area contributed by atoms with Gasteiger partial charge in [0, 0.05) is 26.2 Å². The van der Waals surface area contributed by atoms with Crippen molar-refractivity contribution >= 4 is 23.1 Å². The van der Waals surface area contributed by atoms with Crippen molar-refractivity contribution in [2.24, 2.45) is 0 Å². The van der Waals surface area contributed by atoms with Crippen molar-refractivity contribution in [3.05, 3.63) is 46.6 Å². The Morgan fingerprint density at radius 2 is 1.93 bits per heavy atom. The number of amides is 1. The Labute approximate surface area is 167 Å². The van der Waals surface area contributed by atoms with Gasteiger partial charge in [-0.2, -0.15) is 10.2 Å². The second-order valence-electron chi connectivity index (χ2n) is 7.30. The van der Waals surface area contributed by atoms with E-state index in [0.717, 1.165) is 48.0 Å². The van der Waals surface area contributed by atoms with Crippen LogP contribution in [0.1, 0.15) is 34.6 Å². The van der Waals surface area contributed by atoms with Gasteiger partial charge in [0.05, 0.1) is 16.3 Å². The Morgan fingerprint density at radius 3 is 2.75 bits per heavy atom. The van der Waals surface area contributed by atoms with E-state index in [0.29, 0.717) is 18.8 Å². The predicted octanol–water partition coefficient (Wildman–Crippen LogP) is 2.77. The van der Waals surface area contributed by atoms with Crippen LogP contribution in [-0.2, 0) is 12.8 Å². The zero-order valence-electron chi connectivity index (χ0n) is 15.6. The third kappa shape index (κ3) is 3.28. The van der Waals surface area contributed by atoms with E-state index in [-0.39, 0.29) is 5.91 Å². The number of fused-ring (bicyclic) bond motifs is 1. The third-order valence-electron chi connectivity index (χ3n) is 5.53. The van der Waals surface area contributed by atoms with Gasteiger partial charge in [0.2, 0.25) is 0 Å². The number of piperazine rings is 1. The molecule has 0 aromatic carbocycles. The molecular formula is C20H22N6OS. The van der Waals surface area contributed by atoms with Gasteiger partial charge in [0.15, 0.2) is 11.5 Å². The molecule has 0 atom stereocenters. The van der Waals surface area contributed by atoms with Crippen LogP contribution in [0.15, 0.2) is 29.6 Å². The maximum atomic E-state index is 12.8. The average molecular weight is 395 g/mol. The lowest BCUT2D eigenvalue weighted by Crippen LogP contribution is -2.49. The van der Waals surface area contributed by atoms with Crippen LogP contribution in [0.3, 0.4) is 0 Å². The van der Waals surface area contributed by atoms with E-state index in [1.807, 2.05) is 28.5 Å². The Hall–Kier alpha value is -2.74. The molecule has 4 heterocycles. The number of thiophene rings is 1. The molecule has 0 unspecified atom stereocenters. The van der Waals surface area contributed by atoms with Crippen molar-refractivity contribution in [3.63, 3.8) is 0 Å². The molecule has 28 heavy (non-hydrogen) atoms. The number of nitrogens with one attached hydrogen (secondary N) is 1. The SMILES string of the molecule is O=C(c1cc(-c2cccs2)[nH]n1)N1CCN(c2cc3c(nn2)CCCC3)CC1. The quantitative estimate of drug-likeness (QED) is 0.739. The molecule has 1 aliphatic heterocycles. The molecule has 0 bridgehead atoms. The smallest absolute Gasteiger partial charge is 0.274 e. The Morgan fingerprint density at radius 1 is 1.07 bits per heavy atom. The number of carbonyl (C=O) groups excluding carboxylic acids is 1. The van der Waals surface area contributed by atoms with Crippen LogP contribution < -0.4 is 4.90 Å². The first-order valence-corrected chi connectivity index (χ1v) is 10.6. The van der Waals surface area contributed by atoms with Crippen LogP contribution in [0.5, 0.6) is 0 Å². The standard InChI is InChI=1S/C20H22N6OS/c27-20(17-13-16(22-23-17)18-6-3-11-28-18)26-9-7-25(8-10-26)19-12-14-4-1-2-5-15(14)21-24-19/h3,6,11-13H,1-2,4-5,7-10H2,(H,22,23). The van der Waals surface area contributed by atoms with E-state index in [4.69, 9.17) is 0 Å². The molecule has 2 aliphatic rings. The van der Waals surface area contributed by atoms with Gasteiger partial charge in [-0.1, -0.05) is 6.07 Å². The van der Waals surface area contributed by atoms with Crippen LogP contribution in [0.2, 0.25) is 0 Å². The van der Waals surface area contributed by atoms with Crippen LogP contribution in [0.4, 0.5) is 5.82 Å². The van der Waals surface area contributed by atoms with E-state index < -0.39 is 0 Å². The summed E-state index contributed by atoms with van der Waals surface area (Å²) in [6.07, 6.45) is 4.59. The molecule has 7 nitrogen and oxygen atoms in total. The van der Waals surface area contributed by atoms with E-state index in [9.17, 15) is 4.79 Å². The summed E-state index contributed by atoms with van der Waals surface area (Å²) in [4.78, 5) is 18.0. The van der Waals surface area contributed by atoms with Crippen molar-refractivity contribution < 1.29 is 4.79 Å². The maximum Gasteiger partial charge on any atom is 0.274 e. The second-order valence-corrected chi connectivity index (χ2v) is 8.25. The number of hydrogen-bond donors (Lipinski definition) is 1. The molecule has 0 spiro atoms. The highest BCUT2D eigenvalue weighted by Gasteiger charge is 2.25. The molecule has 1 N–H and O–H groups in total. The number of carbonyl (C=O) groups is 1. The van der Waals surface area contributed by atoms with Gasteiger partial charge in [0.25, 0.3) is 5.91 Å². The minimum Gasteiger partial charge on any atom is -0.352 e. The summed E-state index contributed by atoms with van der Waals surface area (Å²) in [6.45, 7) is 2.86. The highest BCUT2D eigenvalue weighted by Crippen LogP contribution is 2.25. The predicted molar refractivity (Wildman–Crippen MR) is 109 cm³/mol. The zero-order valence-corrected chi connectivity index (χ0v) is 16.4. The van der Waals surface area contributed by atoms with Crippen molar-refractivity contribution in [1.82, 2.24) is 25.3 Å². The van der Waals surface area contributed by atoms with E-state index in [1.165, 1.54) is 18.4 Å². The number of nitrogens with zero attached hydrogens (tertiary/aromatic N) is 5. The molecule has 5 rings (SSSR count). The fraction of sp³-hybridized carbons (Fsp3) is 0.400. The van der Waals surface area contributed by atoms with Crippen LogP contribution in [0, 0.1) is 0 Å². The summed E-state index contributed by atoms with van der Waals surface area (Å²) in [5.41, 5.74) is 3.86. The highest BCUT2D eigenvalue weighted by atomic mass is 32.1. The van der Waals surface area contributed by atoms with Gasteiger partial charge in [-0.05, 0) is 54.8 Å². The number of aromatic nitrogens is 4. The zero-order chi connectivity index (χ0) is 18.9. The second kappa shape index (κ2) is 7.35. The molecule has 1 amide bonds. The molecule has 0 saturated carbocycles. The maximum absolute atomic E-state index is 12.8. The lowest BCUT2D eigenvalue weighted by Gasteiger charge is -2.35. The minimum absolute atomic E-state index is 0.0183. The number of anilines is 1. The van der Waals surface area contributed by atoms with Gasteiger partial charge in [-0.25, -0.2) is 0 Å². The normalized spacial score (nSPS) is 16.9. The summed E-state index contributed by atoms with van der Waals surface area (Å²) in [5.74, 6) is 0.919. The van der Waals surface area contributed by atoms with Gasteiger partial charge >= 0.3 is 0 Å². The first-order chi connectivity index (χ1) is 13.8. The Bertz CT molecular complexity index is 975. The molecule has 1 aliphatic carbocycles. The Kier molecular flexibility index (Phi) is 4.56. The molecule has 3 aromatic rings. The summed E-state index contributed by atoms with van der Waals surface area (Å²) in [7, 11) is 0. The summed E-state index contributed by atoms with van der Waals surface area (Å²) in [6, 6.07) is 8.05. The summed E-state index contributed by atoms with van der Waals surface area (Å²) >= 11 is 1.63. The fourth-order valence-electron chi connectivity index (χ4n) is 3.92. The molecule has 3 aromatic heterocycles. The van der Waals surface area contributed by atoms with Crippen molar-refractivity contribution in [3.8, 4) is 10.6 Å². The van der Waals surface area contributed by atoms with E-state index in [2.05, 4.69) is 31.4 Å². The highest BCUT2D eigenvalue weighted by molar-refractivity contribution is 7.13. The van der Waals surface area contributed by atoms with Crippen LogP contribution in [-0.4, -0.2) is 57.4 Å². The Balaban J connectivity index is 1.24. The fourth-order valence-corrected chi connectivity index (χ4v) is 4.62. The van der Waals surface area contributed by atoms with E-state index >= 15 is 0 Å². The van der Waals surface area contributed by atoms with Crippen molar-refractivity contribution in [2.45, 2.75) is 25.7 Å². The lowest BCUT2D eigenvalue weighted by atomic mass is 9.97.